The third-order valence-electron chi connectivity index (χ3n) is 5.78. The summed E-state index contributed by atoms with van der Waals surface area (Å²) < 4.78 is 16.7. The van der Waals surface area contributed by atoms with Gasteiger partial charge in [0.25, 0.3) is 0 Å². The van der Waals surface area contributed by atoms with E-state index in [1.807, 2.05) is 13.8 Å². The van der Waals surface area contributed by atoms with E-state index >= 15 is 0 Å². The number of carbonyl (C=O) groups is 2. The minimum Gasteiger partial charge on any atom is -0.491 e. The Hall–Kier alpha value is -2.04. The molecule has 0 aromatic heterocycles. The number of hydrogen-bond acceptors (Lipinski definition) is 5. The Balaban J connectivity index is 1.78. The van der Waals surface area contributed by atoms with Gasteiger partial charge in [0.1, 0.15) is 11.5 Å². The summed E-state index contributed by atoms with van der Waals surface area (Å²) in [7, 11) is 0. The van der Waals surface area contributed by atoms with Crippen LogP contribution >= 0.6 is 0 Å². The normalized spacial score (nSPS) is 18.6. The molecule has 2 atom stereocenters. The minimum atomic E-state index is -0.429. The molecule has 1 saturated carbocycles. The Morgan fingerprint density at radius 3 is 2.00 bits per heavy atom. The van der Waals surface area contributed by atoms with Gasteiger partial charge >= 0.3 is 11.9 Å². The van der Waals surface area contributed by atoms with Gasteiger partial charge < -0.3 is 14.2 Å². The van der Waals surface area contributed by atoms with E-state index in [1.54, 1.807) is 24.3 Å². The molecule has 0 aliphatic heterocycles. The Morgan fingerprint density at radius 1 is 0.839 bits per heavy atom. The molecule has 0 N–H and O–H groups in total. The average Bonchev–Trinajstić information content (AvgIpc) is 2.76. The summed E-state index contributed by atoms with van der Waals surface area (Å²) in [6.07, 6.45) is 11.6. The number of esters is 2. The van der Waals surface area contributed by atoms with Gasteiger partial charge in [-0.25, -0.2) is 0 Å². The molecule has 0 radical (unpaired) electrons. The van der Waals surface area contributed by atoms with Crippen molar-refractivity contribution in [2.75, 3.05) is 6.61 Å². The van der Waals surface area contributed by atoms with Gasteiger partial charge in [-0.05, 0) is 57.4 Å². The second-order valence-corrected chi connectivity index (χ2v) is 8.85. The highest BCUT2D eigenvalue weighted by atomic mass is 16.5. The van der Waals surface area contributed by atoms with Crippen LogP contribution in [0.4, 0.5) is 0 Å². The molecule has 0 heterocycles. The highest BCUT2D eigenvalue weighted by Gasteiger charge is 2.38. The standard InChI is InChI=1S/C26H40O5/c1-4-5-6-7-8-9-12-19-29-25(27)23-13-10-11-14-24(23)26(28)31-22-17-15-21(16-18-22)30-20(2)3/h15-18,20,23-24H,4-14,19H2,1-3H3. The predicted octanol–water partition coefficient (Wildman–Crippen LogP) is 6.48. The van der Waals surface area contributed by atoms with Crippen LogP contribution in [0.3, 0.4) is 0 Å². The zero-order chi connectivity index (χ0) is 22.5. The Morgan fingerprint density at radius 2 is 1.39 bits per heavy atom. The van der Waals surface area contributed by atoms with Crippen LogP contribution in [0.5, 0.6) is 11.5 Å². The summed E-state index contributed by atoms with van der Waals surface area (Å²) in [6.45, 7) is 6.59. The highest BCUT2D eigenvalue weighted by molar-refractivity contribution is 5.83. The maximum absolute atomic E-state index is 12.8. The maximum Gasteiger partial charge on any atom is 0.315 e. The first-order valence-electron chi connectivity index (χ1n) is 12.2. The zero-order valence-corrected chi connectivity index (χ0v) is 19.6. The van der Waals surface area contributed by atoms with Crippen LogP contribution in [0.15, 0.2) is 24.3 Å². The Bertz CT molecular complexity index is 652. The number of ether oxygens (including phenoxy) is 3. The quantitative estimate of drug-likeness (QED) is 0.203. The third-order valence-corrected chi connectivity index (χ3v) is 5.78. The van der Waals surface area contributed by atoms with Gasteiger partial charge in [0.15, 0.2) is 0 Å². The molecular weight excluding hydrogens is 392 g/mol. The van der Waals surface area contributed by atoms with Gasteiger partial charge in [0.2, 0.25) is 0 Å². The lowest BCUT2D eigenvalue weighted by molar-refractivity contribution is -0.158. The van der Waals surface area contributed by atoms with Crippen LogP contribution in [-0.2, 0) is 14.3 Å². The first-order chi connectivity index (χ1) is 15.0. The molecule has 5 heteroatoms. The van der Waals surface area contributed by atoms with Gasteiger partial charge in [-0.2, -0.15) is 0 Å². The van der Waals surface area contributed by atoms with E-state index in [0.717, 1.165) is 31.4 Å². The largest absolute Gasteiger partial charge is 0.491 e. The highest BCUT2D eigenvalue weighted by Crippen LogP contribution is 2.33. The molecule has 0 spiro atoms. The molecule has 1 aromatic rings. The zero-order valence-electron chi connectivity index (χ0n) is 19.6. The van der Waals surface area contributed by atoms with E-state index < -0.39 is 11.8 Å². The van der Waals surface area contributed by atoms with Crippen LogP contribution in [0.25, 0.3) is 0 Å². The molecule has 0 bridgehead atoms. The Kier molecular flexibility index (Phi) is 11.5. The molecule has 174 valence electrons. The van der Waals surface area contributed by atoms with E-state index in [0.29, 0.717) is 25.2 Å². The third kappa shape index (κ3) is 9.32. The fourth-order valence-electron chi connectivity index (χ4n) is 4.08. The van der Waals surface area contributed by atoms with Crippen LogP contribution in [0.1, 0.15) is 91.4 Å². The van der Waals surface area contributed by atoms with E-state index in [1.165, 1.54) is 32.1 Å². The van der Waals surface area contributed by atoms with Gasteiger partial charge in [-0.3, -0.25) is 9.59 Å². The van der Waals surface area contributed by atoms with Crippen molar-refractivity contribution >= 4 is 11.9 Å². The summed E-state index contributed by atoms with van der Waals surface area (Å²) in [5.41, 5.74) is 0. The van der Waals surface area contributed by atoms with E-state index in [-0.39, 0.29) is 18.0 Å². The second-order valence-electron chi connectivity index (χ2n) is 8.85. The lowest BCUT2D eigenvalue weighted by Gasteiger charge is -2.28. The van der Waals surface area contributed by atoms with E-state index in [9.17, 15) is 9.59 Å². The maximum atomic E-state index is 12.8. The van der Waals surface area contributed by atoms with Crippen molar-refractivity contribution in [3.63, 3.8) is 0 Å². The number of unbranched alkanes of at least 4 members (excludes halogenated alkanes) is 6. The molecule has 1 aromatic carbocycles. The molecular formula is C26H40O5. The fraction of sp³-hybridized carbons (Fsp3) is 0.692. The average molecular weight is 433 g/mol. The minimum absolute atomic E-state index is 0.0865. The van der Waals surface area contributed by atoms with E-state index in [4.69, 9.17) is 14.2 Å². The summed E-state index contributed by atoms with van der Waals surface area (Å²) >= 11 is 0. The van der Waals surface area contributed by atoms with Crippen molar-refractivity contribution < 1.29 is 23.8 Å². The van der Waals surface area contributed by atoms with Crippen molar-refractivity contribution in [1.82, 2.24) is 0 Å². The molecule has 2 unspecified atom stereocenters. The van der Waals surface area contributed by atoms with Crippen LogP contribution in [-0.4, -0.2) is 24.6 Å². The summed E-state index contributed by atoms with van der Waals surface area (Å²) in [4.78, 5) is 25.4. The Labute approximate surface area is 187 Å². The molecule has 0 amide bonds. The van der Waals surface area contributed by atoms with Crippen molar-refractivity contribution in [3.8, 4) is 11.5 Å². The summed E-state index contributed by atoms with van der Waals surface area (Å²) in [6, 6.07) is 7.04. The van der Waals surface area contributed by atoms with Crippen molar-refractivity contribution in [3.05, 3.63) is 24.3 Å². The molecule has 2 rings (SSSR count). The molecule has 1 aliphatic rings. The lowest BCUT2D eigenvalue weighted by Crippen LogP contribution is -2.36. The van der Waals surface area contributed by atoms with Crippen molar-refractivity contribution in [1.29, 1.82) is 0 Å². The number of hydrogen-bond donors (Lipinski definition) is 0. The molecule has 31 heavy (non-hydrogen) atoms. The smallest absolute Gasteiger partial charge is 0.315 e. The topological polar surface area (TPSA) is 61.8 Å². The monoisotopic (exact) mass is 432 g/mol. The summed E-state index contributed by atoms with van der Waals surface area (Å²) in [5, 5.41) is 0. The SMILES string of the molecule is CCCCCCCCCOC(=O)C1CCCCC1C(=O)Oc1ccc(OC(C)C)cc1. The second kappa shape index (κ2) is 14.1. The van der Waals surface area contributed by atoms with Crippen LogP contribution in [0.2, 0.25) is 0 Å². The predicted molar refractivity (Wildman–Crippen MR) is 122 cm³/mol. The molecule has 1 aliphatic carbocycles. The molecule has 1 fully saturated rings. The lowest BCUT2D eigenvalue weighted by atomic mass is 9.79. The number of rotatable bonds is 13. The first-order valence-corrected chi connectivity index (χ1v) is 12.2. The fourth-order valence-corrected chi connectivity index (χ4v) is 4.08. The number of benzene rings is 1. The molecule has 5 nitrogen and oxygen atoms in total. The van der Waals surface area contributed by atoms with Crippen LogP contribution in [0, 0.1) is 11.8 Å². The molecule has 0 saturated heterocycles. The van der Waals surface area contributed by atoms with Crippen molar-refractivity contribution in [2.24, 2.45) is 11.8 Å². The summed E-state index contributed by atoms with van der Waals surface area (Å²) in [5.74, 6) is -0.194. The van der Waals surface area contributed by atoms with Gasteiger partial charge in [-0.1, -0.05) is 58.3 Å². The first kappa shape index (κ1) is 25.2. The number of carbonyl (C=O) groups excluding carboxylic acids is 2. The van der Waals surface area contributed by atoms with Gasteiger partial charge in [0, 0.05) is 0 Å². The van der Waals surface area contributed by atoms with Crippen LogP contribution < -0.4 is 9.47 Å². The van der Waals surface area contributed by atoms with E-state index in [2.05, 4.69) is 6.92 Å². The van der Waals surface area contributed by atoms with Gasteiger partial charge in [0.05, 0.1) is 24.5 Å². The van der Waals surface area contributed by atoms with Crippen molar-refractivity contribution in [2.45, 2.75) is 97.5 Å². The van der Waals surface area contributed by atoms with Gasteiger partial charge in [-0.15, -0.1) is 0 Å².